The maximum Gasteiger partial charge on any atom is 0.253 e. The number of rotatable bonds is 5. The predicted octanol–water partition coefficient (Wildman–Crippen LogP) is 2.98. The molecule has 0 radical (unpaired) electrons. The average molecular weight is 284 g/mol. The first-order valence-corrected chi connectivity index (χ1v) is 6.90. The summed E-state index contributed by atoms with van der Waals surface area (Å²) in [6, 6.07) is 1.50. The smallest absolute Gasteiger partial charge is 0.253 e. The fourth-order valence-electron chi connectivity index (χ4n) is 2.18. The molecule has 0 fully saturated rings. The van der Waals surface area contributed by atoms with E-state index in [2.05, 4.69) is 38.0 Å². The maximum absolute atomic E-state index is 12.1. The lowest BCUT2D eigenvalue weighted by atomic mass is 9.85. The van der Waals surface area contributed by atoms with Crippen molar-refractivity contribution in [2.45, 2.75) is 27.7 Å². The number of anilines is 1. The zero-order valence-electron chi connectivity index (χ0n) is 11.9. The third-order valence-electron chi connectivity index (χ3n) is 3.33. The quantitative estimate of drug-likeness (QED) is 0.873. The van der Waals surface area contributed by atoms with Crippen LogP contribution in [-0.2, 0) is 0 Å². The molecule has 0 aliphatic heterocycles. The molecule has 0 spiro atoms. The molecule has 0 aliphatic carbocycles. The van der Waals surface area contributed by atoms with E-state index in [1.165, 1.54) is 12.3 Å². The second-order valence-electron chi connectivity index (χ2n) is 5.45. The minimum absolute atomic E-state index is 0.203. The highest BCUT2D eigenvalue weighted by atomic mass is 35.5. The Labute approximate surface area is 119 Å². The standard InChI is InChI=1S/C14H22ClN3O/c1-8(2)11(9(3)4)6-18-14(19)10-5-13(16)17-7-12(10)15/h5,7-9,11H,6H2,1-4H3,(H2,16,17)(H,18,19). The number of nitrogens with one attached hydrogen (secondary N) is 1. The van der Waals surface area contributed by atoms with Crippen molar-refractivity contribution in [1.82, 2.24) is 10.3 Å². The van der Waals surface area contributed by atoms with Crippen LogP contribution in [0.3, 0.4) is 0 Å². The summed E-state index contributed by atoms with van der Waals surface area (Å²) in [7, 11) is 0. The molecule has 0 aromatic carbocycles. The van der Waals surface area contributed by atoms with Crippen molar-refractivity contribution in [1.29, 1.82) is 0 Å². The number of aromatic nitrogens is 1. The average Bonchev–Trinajstić information content (AvgIpc) is 2.31. The van der Waals surface area contributed by atoms with Gasteiger partial charge in [0.2, 0.25) is 0 Å². The van der Waals surface area contributed by atoms with Crippen molar-refractivity contribution in [3.8, 4) is 0 Å². The van der Waals surface area contributed by atoms with Gasteiger partial charge in [0.15, 0.2) is 0 Å². The Hall–Kier alpha value is -1.29. The third-order valence-corrected chi connectivity index (χ3v) is 3.63. The number of carbonyl (C=O) groups excluding carboxylic acids is 1. The largest absolute Gasteiger partial charge is 0.384 e. The van der Waals surface area contributed by atoms with Crippen molar-refractivity contribution < 1.29 is 4.79 Å². The monoisotopic (exact) mass is 283 g/mol. The van der Waals surface area contributed by atoms with Crippen LogP contribution in [0.2, 0.25) is 5.02 Å². The summed E-state index contributed by atoms with van der Waals surface area (Å²) in [4.78, 5) is 15.9. The predicted molar refractivity (Wildman–Crippen MR) is 79.2 cm³/mol. The van der Waals surface area contributed by atoms with Gasteiger partial charge in [0.05, 0.1) is 10.6 Å². The van der Waals surface area contributed by atoms with E-state index in [9.17, 15) is 4.79 Å². The SMILES string of the molecule is CC(C)C(CNC(=O)c1cc(N)ncc1Cl)C(C)C. The van der Waals surface area contributed by atoms with Crippen LogP contribution in [0.5, 0.6) is 0 Å². The molecule has 0 aliphatic rings. The fourth-order valence-corrected chi connectivity index (χ4v) is 2.37. The van der Waals surface area contributed by atoms with E-state index < -0.39 is 0 Å². The Morgan fingerprint density at radius 1 is 1.37 bits per heavy atom. The first-order valence-electron chi connectivity index (χ1n) is 6.52. The number of amides is 1. The van der Waals surface area contributed by atoms with Gasteiger partial charge in [0.1, 0.15) is 5.82 Å². The Balaban J connectivity index is 2.72. The van der Waals surface area contributed by atoms with E-state index in [4.69, 9.17) is 17.3 Å². The zero-order chi connectivity index (χ0) is 14.6. The molecule has 4 nitrogen and oxygen atoms in total. The van der Waals surface area contributed by atoms with Gasteiger partial charge >= 0.3 is 0 Å². The Morgan fingerprint density at radius 2 is 1.95 bits per heavy atom. The van der Waals surface area contributed by atoms with E-state index in [0.29, 0.717) is 40.7 Å². The molecule has 0 bridgehead atoms. The van der Waals surface area contributed by atoms with Crippen molar-refractivity contribution in [3.63, 3.8) is 0 Å². The zero-order valence-corrected chi connectivity index (χ0v) is 12.7. The number of nitrogens with two attached hydrogens (primary N) is 1. The minimum Gasteiger partial charge on any atom is -0.384 e. The molecule has 1 amide bonds. The molecule has 0 saturated heterocycles. The first-order chi connectivity index (χ1) is 8.82. The van der Waals surface area contributed by atoms with Gasteiger partial charge in [-0.3, -0.25) is 4.79 Å². The van der Waals surface area contributed by atoms with Crippen molar-refractivity contribution in [2.24, 2.45) is 17.8 Å². The van der Waals surface area contributed by atoms with Crippen molar-refractivity contribution in [2.75, 3.05) is 12.3 Å². The molecular formula is C14H22ClN3O. The van der Waals surface area contributed by atoms with E-state index in [1.54, 1.807) is 0 Å². The number of nitrogen functional groups attached to an aromatic ring is 1. The molecule has 1 heterocycles. The third kappa shape index (κ3) is 4.39. The first kappa shape index (κ1) is 15.8. The van der Waals surface area contributed by atoms with E-state index in [0.717, 1.165) is 0 Å². The van der Waals surface area contributed by atoms with Crippen molar-refractivity contribution >= 4 is 23.3 Å². The lowest BCUT2D eigenvalue weighted by molar-refractivity contribution is 0.0937. The minimum atomic E-state index is -0.203. The summed E-state index contributed by atoms with van der Waals surface area (Å²) in [5, 5.41) is 3.24. The molecule has 0 unspecified atom stereocenters. The Morgan fingerprint density at radius 3 is 2.47 bits per heavy atom. The van der Waals surface area contributed by atoms with Crippen LogP contribution in [-0.4, -0.2) is 17.4 Å². The second-order valence-corrected chi connectivity index (χ2v) is 5.86. The number of carbonyl (C=O) groups is 1. The molecule has 0 saturated carbocycles. The number of nitrogens with zero attached hydrogens (tertiary/aromatic N) is 1. The van der Waals surface area contributed by atoms with Gasteiger partial charge in [0, 0.05) is 12.7 Å². The maximum atomic E-state index is 12.1. The highest BCUT2D eigenvalue weighted by Crippen LogP contribution is 2.20. The molecular weight excluding hydrogens is 262 g/mol. The number of hydrogen-bond donors (Lipinski definition) is 2. The Kier molecular flexibility index (Phi) is 5.60. The molecule has 1 aromatic rings. The summed E-state index contributed by atoms with van der Waals surface area (Å²) < 4.78 is 0. The fraction of sp³-hybridized carbons (Fsp3) is 0.571. The van der Waals surface area contributed by atoms with Crippen LogP contribution in [0.25, 0.3) is 0 Å². The molecule has 19 heavy (non-hydrogen) atoms. The molecule has 106 valence electrons. The van der Waals surface area contributed by atoms with Gasteiger partial charge in [-0.1, -0.05) is 39.3 Å². The van der Waals surface area contributed by atoms with Gasteiger partial charge in [-0.25, -0.2) is 4.98 Å². The van der Waals surface area contributed by atoms with Gasteiger partial charge in [-0.05, 0) is 23.8 Å². The number of halogens is 1. The van der Waals surface area contributed by atoms with Gasteiger partial charge in [0.25, 0.3) is 5.91 Å². The lowest BCUT2D eigenvalue weighted by Crippen LogP contribution is -2.34. The lowest BCUT2D eigenvalue weighted by Gasteiger charge is -2.25. The summed E-state index contributed by atoms with van der Waals surface area (Å²) in [6.07, 6.45) is 1.40. The van der Waals surface area contributed by atoms with Gasteiger partial charge in [-0.15, -0.1) is 0 Å². The van der Waals surface area contributed by atoms with E-state index in [-0.39, 0.29) is 5.91 Å². The molecule has 3 N–H and O–H groups in total. The van der Waals surface area contributed by atoms with Crippen LogP contribution >= 0.6 is 11.6 Å². The summed E-state index contributed by atoms with van der Waals surface area (Å²) in [5.74, 6) is 1.54. The van der Waals surface area contributed by atoms with Crippen LogP contribution in [0.4, 0.5) is 5.82 Å². The van der Waals surface area contributed by atoms with Gasteiger partial charge < -0.3 is 11.1 Å². The van der Waals surface area contributed by atoms with E-state index >= 15 is 0 Å². The number of hydrogen-bond acceptors (Lipinski definition) is 3. The van der Waals surface area contributed by atoms with Crippen LogP contribution < -0.4 is 11.1 Å². The van der Waals surface area contributed by atoms with Crippen molar-refractivity contribution in [3.05, 3.63) is 22.8 Å². The van der Waals surface area contributed by atoms with Gasteiger partial charge in [-0.2, -0.15) is 0 Å². The van der Waals surface area contributed by atoms with Crippen LogP contribution in [0.15, 0.2) is 12.3 Å². The van der Waals surface area contributed by atoms with Crippen LogP contribution in [0.1, 0.15) is 38.1 Å². The molecule has 1 rings (SSSR count). The summed E-state index contributed by atoms with van der Waals surface area (Å²) >= 11 is 5.95. The highest BCUT2D eigenvalue weighted by Gasteiger charge is 2.19. The number of pyridine rings is 1. The Bertz CT molecular complexity index is 438. The summed E-state index contributed by atoms with van der Waals surface area (Å²) in [5.41, 5.74) is 5.94. The molecule has 1 aromatic heterocycles. The normalized spacial score (nSPS) is 11.4. The van der Waals surface area contributed by atoms with Crippen LogP contribution in [0, 0.1) is 17.8 Å². The topological polar surface area (TPSA) is 68.0 Å². The molecule has 5 heteroatoms. The van der Waals surface area contributed by atoms with E-state index in [1.807, 2.05) is 0 Å². The summed E-state index contributed by atoms with van der Waals surface area (Å²) in [6.45, 7) is 9.28. The molecule has 0 atom stereocenters. The second kappa shape index (κ2) is 6.75. The highest BCUT2D eigenvalue weighted by molar-refractivity contribution is 6.33.